The molecule has 0 aliphatic heterocycles. The highest BCUT2D eigenvalue weighted by Gasteiger charge is 2.30. The van der Waals surface area contributed by atoms with Crippen LogP contribution in [0.15, 0.2) is 97.2 Å². The lowest BCUT2D eigenvalue weighted by molar-refractivity contribution is -0.150. The number of nitrogens with one attached hydrogen (secondary N) is 1. The third-order valence-corrected chi connectivity index (χ3v) is 6.40. The smallest absolute Gasteiger partial charge is 0.416 e. The van der Waals surface area contributed by atoms with Crippen LogP contribution in [-0.2, 0) is 22.1 Å². The van der Waals surface area contributed by atoms with E-state index in [1.165, 1.54) is 12.1 Å². The second-order valence-corrected chi connectivity index (χ2v) is 9.14. The molecule has 4 aromatic rings. The Labute approximate surface area is 230 Å². The molecule has 40 heavy (non-hydrogen) atoms. The van der Waals surface area contributed by atoms with Crippen molar-refractivity contribution < 1.29 is 27.5 Å². The van der Waals surface area contributed by atoms with E-state index in [0.29, 0.717) is 40.8 Å². The van der Waals surface area contributed by atoms with Crippen molar-refractivity contribution in [2.75, 3.05) is 6.54 Å². The fourth-order valence-corrected chi connectivity index (χ4v) is 4.26. The number of nitrogens with two attached hydrogens (primary N) is 1. The summed E-state index contributed by atoms with van der Waals surface area (Å²) in [4.78, 5) is 30.4. The molecule has 2 unspecified atom stereocenters. The Morgan fingerprint density at radius 2 is 1.55 bits per heavy atom. The van der Waals surface area contributed by atoms with Crippen molar-refractivity contribution >= 4 is 11.9 Å². The zero-order valence-corrected chi connectivity index (χ0v) is 21.7. The van der Waals surface area contributed by atoms with Crippen molar-refractivity contribution in [3.05, 3.63) is 125 Å². The zero-order valence-electron chi connectivity index (χ0n) is 21.7. The Kier molecular flexibility index (Phi) is 8.96. The number of carbonyl (C=O) groups is 2. The quantitative estimate of drug-likeness (QED) is 0.249. The molecule has 0 aliphatic rings. The Morgan fingerprint density at radius 3 is 2.23 bits per heavy atom. The first-order chi connectivity index (χ1) is 19.1. The SMILES string of the molecule is CC(OC(=O)C(N)c1ccccc1-c1ccccc1C(=O)NCCc1ccccn1)c1ccc(C(F)(F)F)cc1. The third-order valence-electron chi connectivity index (χ3n) is 6.40. The zero-order chi connectivity index (χ0) is 28.7. The lowest BCUT2D eigenvalue weighted by Gasteiger charge is -2.20. The summed E-state index contributed by atoms with van der Waals surface area (Å²) in [6.07, 6.45) is -3.03. The molecule has 1 heterocycles. The van der Waals surface area contributed by atoms with Gasteiger partial charge in [0.05, 0.1) is 5.56 Å². The van der Waals surface area contributed by atoms with Crippen molar-refractivity contribution in [1.29, 1.82) is 0 Å². The number of pyridine rings is 1. The molecule has 0 saturated carbocycles. The fraction of sp³-hybridized carbons (Fsp3) is 0.194. The summed E-state index contributed by atoms with van der Waals surface area (Å²) in [6.45, 7) is 1.95. The van der Waals surface area contributed by atoms with Crippen LogP contribution in [-0.4, -0.2) is 23.4 Å². The first-order valence-electron chi connectivity index (χ1n) is 12.6. The van der Waals surface area contributed by atoms with Crippen LogP contribution in [0.2, 0.25) is 0 Å². The van der Waals surface area contributed by atoms with Gasteiger partial charge in [-0.25, -0.2) is 4.79 Å². The Bertz CT molecular complexity index is 1460. The van der Waals surface area contributed by atoms with Crippen LogP contribution in [0, 0.1) is 0 Å². The van der Waals surface area contributed by atoms with E-state index in [1.807, 2.05) is 18.2 Å². The van der Waals surface area contributed by atoms with E-state index >= 15 is 0 Å². The molecule has 4 rings (SSSR count). The van der Waals surface area contributed by atoms with Crippen molar-refractivity contribution in [3.8, 4) is 11.1 Å². The molecule has 206 valence electrons. The van der Waals surface area contributed by atoms with E-state index in [1.54, 1.807) is 61.7 Å². The highest BCUT2D eigenvalue weighted by atomic mass is 19.4. The third kappa shape index (κ3) is 6.92. The van der Waals surface area contributed by atoms with Gasteiger partial charge < -0.3 is 15.8 Å². The summed E-state index contributed by atoms with van der Waals surface area (Å²) in [5, 5.41) is 2.91. The van der Waals surface area contributed by atoms with Gasteiger partial charge in [0.15, 0.2) is 0 Å². The molecule has 2 atom stereocenters. The minimum absolute atomic E-state index is 0.284. The predicted molar refractivity (Wildman–Crippen MR) is 145 cm³/mol. The van der Waals surface area contributed by atoms with E-state index in [9.17, 15) is 22.8 Å². The maximum Gasteiger partial charge on any atom is 0.416 e. The molecule has 1 amide bonds. The molecule has 6 nitrogen and oxygen atoms in total. The predicted octanol–water partition coefficient (Wildman–Crippen LogP) is 6.04. The van der Waals surface area contributed by atoms with Gasteiger partial charge in [-0.3, -0.25) is 9.78 Å². The molecule has 9 heteroatoms. The molecule has 0 aliphatic carbocycles. The molecule has 3 aromatic carbocycles. The molecule has 0 fully saturated rings. The van der Waals surface area contributed by atoms with E-state index in [0.717, 1.165) is 17.8 Å². The van der Waals surface area contributed by atoms with Gasteiger partial charge in [-0.2, -0.15) is 13.2 Å². The van der Waals surface area contributed by atoms with Gasteiger partial charge in [0.25, 0.3) is 5.91 Å². The lowest BCUT2D eigenvalue weighted by atomic mass is 9.92. The first kappa shape index (κ1) is 28.5. The average molecular weight is 548 g/mol. The standard InChI is InChI=1S/C31H28F3N3O3/c1-20(21-13-15-22(16-14-21)31(32,33)34)40-30(39)28(35)26-11-4-2-9-24(26)25-10-3-5-12-27(25)29(38)37-19-17-23-8-6-7-18-36-23/h2-16,18,20,28H,17,19,35H2,1H3,(H,37,38). The first-order valence-corrected chi connectivity index (χ1v) is 12.6. The highest BCUT2D eigenvalue weighted by molar-refractivity contribution is 6.01. The summed E-state index contributed by atoms with van der Waals surface area (Å²) in [6, 6.07) is 22.7. The number of alkyl halides is 3. The van der Waals surface area contributed by atoms with Crippen molar-refractivity contribution in [3.63, 3.8) is 0 Å². The molecule has 0 bridgehead atoms. The number of ether oxygens (including phenoxy) is 1. The summed E-state index contributed by atoms with van der Waals surface area (Å²) in [5.41, 5.74) is 8.82. The van der Waals surface area contributed by atoms with Gasteiger partial charge in [-0.15, -0.1) is 0 Å². The molecular weight excluding hydrogens is 519 g/mol. The number of amides is 1. The summed E-state index contributed by atoms with van der Waals surface area (Å²) < 4.78 is 44.2. The maximum absolute atomic E-state index is 13.1. The molecule has 3 N–H and O–H groups in total. The van der Waals surface area contributed by atoms with Gasteiger partial charge >= 0.3 is 12.1 Å². The lowest BCUT2D eigenvalue weighted by Crippen LogP contribution is -2.27. The van der Waals surface area contributed by atoms with Crippen molar-refractivity contribution in [2.45, 2.75) is 31.7 Å². The van der Waals surface area contributed by atoms with Crippen LogP contribution in [0.3, 0.4) is 0 Å². The number of aromatic nitrogens is 1. The number of halogens is 3. The van der Waals surface area contributed by atoms with Gasteiger partial charge in [0, 0.05) is 30.4 Å². The number of carbonyl (C=O) groups excluding carboxylic acids is 2. The van der Waals surface area contributed by atoms with Gasteiger partial charge in [-0.1, -0.05) is 60.7 Å². The van der Waals surface area contributed by atoms with E-state index in [-0.39, 0.29) is 5.91 Å². The molecular formula is C31H28F3N3O3. The second-order valence-electron chi connectivity index (χ2n) is 9.14. The number of esters is 1. The van der Waals surface area contributed by atoms with E-state index < -0.39 is 29.9 Å². The Hall–Kier alpha value is -4.50. The maximum atomic E-state index is 13.1. The topological polar surface area (TPSA) is 94.3 Å². The molecule has 0 saturated heterocycles. The number of benzene rings is 3. The van der Waals surface area contributed by atoms with Crippen LogP contribution < -0.4 is 11.1 Å². The molecule has 0 radical (unpaired) electrons. The number of hydrogen-bond acceptors (Lipinski definition) is 5. The van der Waals surface area contributed by atoms with E-state index in [4.69, 9.17) is 10.5 Å². The number of rotatable bonds is 9. The summed E-state index contributed by atoms with van der Waals surface area (Å²) in [5.74, 6) is -1.04. The minimum Gasteiger partial charge on any atom is -0.456 e. The van der Waals surface area contributed by atoms with Gasteiger partial charge in [-0.05, 0) is 59.5 Å². The van der Waals surface area contributed by atoms with Crippen molar-refractivity contribution in [1.82, 2.24) is 10.3 Å². The Morgan fingerprint density at radius 1 is 0.900 bits per heavy atom. The number of nitrogens with zero attached hydrogens (tertiary/aromatic N) is 1. The van der Waals surface area contributed by atoms with E-state index in [2.05, 4.69) is 10.3 Å². The normalized spacial score (nSPS) is 12.8. The summed E-state index contributed by atoms with van der Waals surface area (Å²) >= 11 is 0. The molecule has 0 spiro atoms. The largest absolute Gasteiger partial charge is 0.456 e. The van der Waals surface area contributed by atoms with Crippen molar-refractivity contribution in [2.24, 2.45) is 5.73 Å². The van der Waals surface area contributed by atoms with Crippen LogP contribution >= 0.6 is 0 Å². The molecule has 1 aromatic heterocycles. The van der Waals surface area contributed by atoms with Crippen LogP contribution in [0.1, 0.15) is 51.8 Å². The minimum atomic E-state index is -4.46. The average Bonchev–Trinajstić information content (AvgIpc) is 2.97. The second kappa shape index (κ2) is 12.6. The van der Waals surface area contributed by atoms with Crippen LogP contribution in [0.5, 0.6) is 0 Å². The van der Waals surface area contributed by atoms with Gasteiger partial charge in [0.1, 0.15) is 12.1 Å². The summed E-state index contributed by atoms with van der Waals surface area (Å²) in [7, 11) is 0. The van der Waals surface area contributed by atoms with Crippen LogP contribution in [0.25, 0.3) is 11.1 Å². The van der Waals surface area contributed by atoms with Crippen LogP contribution in [0.4, 0.5) is 13.2 Å². The monoisotopic (exact) mass is 547 g/mol. The van der Waals surface area contributed by atoms with Gasteiger partial charge in [0.2, 0.25) is 0 Å². The Balaban J connectivity index is 1.50. The number of hydrogen-bond donors (Lipinski definition) is 2. The highest BCUT2D eigenvalue weighted by Crippen LogP contribution is 2.33. The fourth-order valence-electron chi connectivity index (χ4n) is 4.26.